The summed E-state index contributed by atoms with van der Waals surface area (Å²) in [4.78, 5) is 22.8. The second-order valence-electron chi connectivity index (χ2n) is 6.45. The monoisotopic (exact) mass is 379 g/mol. The number of aromatic nitrogens is 3. The van der Waals surface area contributed by atoms with Crippen LogP contribution in [0.2, 0.25) is 0 Å². The predicted molar refractivity (Wildman–Crippen MR) is 104 cm³/mol. The van der Waals surface area contributed by atoms with Gasteiger partial charge < -0.3 is 19.5 Å². The van der Waals surface area contributed by atoms with Crippen LogP contribution in [-0.2, 0) is 16.0 Å². The number of benzene rings is 1. The van der Waals surface area contributed by atoms with Gasteiger partial charge in [-0.2, -0.15) is 4.98 Å². The van der Waals surface area contributed by atoms with E-state index in [9.17, 15) is 4.79 Å². The Morgan fingerprint density at radius 3 is 2.71 bits per heavy atom. The molecular weight excluding hydrogens is 358 g/mol. The highest BCUT2D eigenvalue weighted by molar-refractivity contribution is 5.90. The first-order valence-electron chi connectivity index (χ1n) is 9.23. The first-order valence-corrected chi connectivity index (χ1v) is 9.23. The minimum Gasteiger partial charge on any atom is -0.378 e. The zero-order valence-electron chi connectivity index (χ0n) is 15.4. The number of nitrogens with one attached hydrogen (secondary N) is 1. The van der Waals surface area contributed by atoms with Gasteiger partial charge in [-0.15, -0.1) is 0 Å². The van der Waals surface area contributed by atoms with Crippen molar-refractivity contribution in [2.45, 2.75) is 12.8 Å². The highest BCUT2D eigenvalue weighted by Gasteiger charge is 2.13. The number of amides is 1. The Hall–Kier alpha value is -3.26. The number of carbonyl (C=O) groups excluding carboxylic acids is 1. The molecule has 1 N–H and O–H groups in total. The predicted octanol–water partition coefficient (Wildman–Crippen LogP) is 2.54. The molecular formula is C20H21N5O3. The van der Waals surface area contributed by atoms with Crippen molar-refractivity contribution >= 4 is 17.3 Å². The molecule has 0 atom stereocenters. The summed E-state index contributed by atoms with van der Waals surface area (Å²) in [6.07, 6.45) is 4.00. The van der Waals surface area contributed by atoms with Gasteiger partial charge in [-0.3, -0.25) is 9.78 Å². The summed E-state index contributed by atoms with van der Waals surface area (Å²) >= 11 is 0. The average Bonchev–Trinajstić information content (AvgIpc) is 3.23. The van der Waals surface area contributed by atoms with Gasteiger partial charge in [0.2, 0.25) is 17.6 Å². The third-order valence-corrected chi connectivity index (χ3v) is 4.48. The van der Waals surface area contributed by atoms with E-state index in [1.165, 1.54) is 0 Å². The molecule has 8 nitrogen and oxygen atoms in total. The SMILES string of the molecule is O=C(CCc1nc(-c2cccnc2)no1)Nc1ccc(N2CCOCC2)cc1. The minimum absolute atomic E-state index is 0.0970. The van der Waals surface area contributed by atoms with Crippen molar-refractivity contribution in [2.24, 2.45) is 0 Å². The third kappa shape index (κ3) is 4.52. The van der Waals surface area contributed by atoms with Crippen LogP contribution < -0.4 is 10.2 Å². The van der Waals surface area contributed by atoms with Gasteiger partial charge in [0.25, 0.3) is 0 Å². The average molecular weight is 379 g/mol. The van der Waals surface area contributed by atoms with Crippen LogP contribution in [0.1, 0.15) is 12.3 Å². The number of anilines is 2. The highest BCUT2D eigenvalue weighted by atomic mass is 16.5. The van der Waals surface area contributed by atoms with E-state index in [1.54, 1.807) is 12.4 Å². The number of ether oxygens (including phenoxy) is 1. The molecule has 144 valence electrons. The molecule has 3 aromatic rings. The summed E-state index contributed by atoms with van der Waals surface area (Å²) in [6, 6.07) is 11.5. The summed E-state index contributed by atoms with van der Waals surface area (Å²) in [5.41, 5.74) is 2.68. The fourth-order valence-corrected chi connectivity index (χ4v) is 2.99. The Kier molecular flexibility index (Phi) is 5.58. The molecule has 28 heavy (non-hydrogen) atoms. The van der Waals surface area contributed by atoms with Gasteiger partial charge in [0.1, 0.15) is 0 Å². The van der Waals surface area contributed by atoms with Gasteiger partial charge in [-0.05, 0) is 36.4 Å². The van der Waals surface area contributed by atoms with Gasteiger partial charge in [-0.25, -0.2) is 0 Å². The van der Waals surface area contributed by atoms with E-state index in [1.807, 2.05) is 36.4 Å². The van der Waals surface area contributed by atoms with Crippen LogP contribution in [0.5, 0.6) is 0 Å². The summed E-state index contributed by atoms with van der Waals surface area (Å²) in [5.74, 6) is 0.805. The maximum absolute atomic E-state index is 12.2. The van der Waals surface area contributed by atoms with E-state index in [-0.39, 0.29) is 12.3 Å². The molecule has 0 spiro atoms. The molecule has 0 radical (unpaired) electrons. The molecule has 0 bridgehead atoms. The van der Waals surface area contributed by atoms with E-state index in [4.69, 9.17) is 9.26 Å². The first-order chi connectivity index (χ1) is 13.8. The number of morpholine rings is 1. The second-order valence-corrected chi connectivity index (χ2v) is 6.45. The lowest BCUT2D eigenvalue weighted by atomic mass is 10.2. The lowest BCUT2D eigenvalue weighted by molar-refractivity contribution is -0.116. The maximum atomic E-state index is 12.2. The molecule has 4 rings (SSSR count). The molecule has 2 aromatic heterocycles. The van der Waals surface area contributed by atoms with Gasteiger partial charge in [-0.1, -0.05) is 5.16 Å². The summed E-state index contributed by atoms with van der Waals surface area (Å²) in [5, 5.41) is 6.83. The van der Waals surface area contributed by atoms with Gasteiger partial charge in [0, 0.05) is 55.3 Å². The minimum atomic E-state index is -0.0970. The van der Waals surface area contributed by atoms with Crippen LogP contribution in [0.25, 0.3) is 11.4 Å². The number of hydrogen-bond acceptors (Lipinski definition) is 7. The number of hydrogen-bond donors (Lipinski definition) is 1. The quantitative estimate of drug-likeness (QED) is 0.703. The van der Waals surface area contributed by atoms with Crippen molar-refractivity contribution in [3.8, 4) is 11.4 Å². The molecule has 8 heteroatoms. The van der Waals surface area contributed by atoms with Crippen molar-refractivity contribution in [1.29, 1.82) is 0 Å². The molecule has 1 aliphatic rings. The van der Waals surface area contributed by atoms with Crippen molar-refractivity contribution in [3.05, 3.63) is 54.7 Å². The van der Waals surface area contributed by atoms with Crippen molar-refractivity contribution in [2.75, 3.05) is 36.5 Å². The zero-order valence-corrected chi connectivity index (χ0v) is 15.4. The lowest BCUT2D eigenvalue weighted by Crippen LogP contribution is -2.36. The largest absolute Gasteiger partial charge is 0.378 e. The van der Waals surface area contributed by atoms with Crippen LogP contribution in [0.3, 0.4) is 0 Å². The van der Waals surface area contributed by atoms with E-state index >= 15 is 0 Å². The van der Waals surface area contributed by atoms with E-state index in [0.717, 1.165) is 43.2 Å². The number of pyridine rings is 1. The lowest BCUT2D eigenvalue weighted by Gasteiger charge is -2.28. The Balaban J connectivity index is 1.28. The van der Waals surface area contributed by atoms with Crippen LogP contribution >= 0.6 is 0 Å². The summed E-state index contributed by atoms with van der Waals surface area (Å²) < 4.78 is 10.6. The smallest absolute Gasteiger partial charge is 0.227 e. The van der Waals surface area contributed by atoms with Crippen LogP contribution in [0, 0.1) is 0 Å². The molecule has 1 fully saturated rings. The van der Waals surface area contributed by atoms with Crippen LogP contribution in [-0.4, -0.2) is 47.3 Å². The maximum Gasteiger partial charge on any atom is 0.227 e. The molecule has 1 aromatic carbocycles. The Bertz CT molecular complexity index is 905. The van der Waals surface area contributed by atoms with E-state index in [2.05, 4.69) is 25.3 Å². The van der Waals surface area contributed by atoms with Crippen LogP contribution in [0.4, 0.5) is 11.4 Å². The topological polar surface area (TPSA) is 93.4 Å². The molecule has 0 unspecified atom stereocenters. The number of nitrogens with zero attached hydrogens (tertiary/aromatic N) is 4. The summed E-state index contributed by atoms with van der Waals surface area (Å²) in [7, 11) is 0. The molecule has 1 aliphatic heterocycles. The van der Waals surface area contributed by atoms with E-state index < -0.39 is 0 Å². The Labute approximate surface area is 162 Å². The third-order valence-electron chi connectivity index (χ3n) is 4.48. The molecule has 0 saturated carbocycles. The van der Waals surface area contributed by atoms with Crippen LogP contribution in [0.15, 0.2) is 53.3 Å². The standard InChI is InChI=1S/C20H21N5O3/c26-18(7-8-19-23-20(24-28-19)15-2-1-9-21-14-15)22-16-3-5-17(6-4-16)25-10-12-27-13-11-25/h1-6,9,14H,7-8,10-13H2,(H,22,26). The Morgan fingerprint density at radius 1 is 1.14 bits per heavy atom. The normalized spacial score (nSPS) is 14.1. The first kappa shape index (κ1) is 18.1. The molecule has 1 saturated heterocycles. The van der Waals surface area contributed by atoms with Gasteiger partial charge >= 0.3 is 0 Å². The molecule has 0 aliphatic carbocycles. The second kappa shape index (κ2) is 8.62. The highest BCUT2D eigenvalue weighted by Crippen LogP contribution is 2.19. The number of aryl methyl sites for hydroxylation is 1. The Morgan fingerprint density at radius 2 is 1.96 bits per heavy atom. The van der Waals surface area contributed by atoms with Crippen molar-refractivity contribution < 1.29 is 14.1 Å². The fourth-order valence-electron chi connectivity index (χ4n) is 2.99. The van der Waals surface area contributed by atoms with Crippen molar-refractivity contribution in [3.63, 3.8) is 0 Å². The van der Waals surface area contributed by atoms with Gasteiger partial charge in [0.15, 0.2) is 0 Å². The fraction of sp³-hybridized carbons (Fsp3) is 0.300. The van der Waals surface area contributed by atoms with E-state index in [0.29, 0.717) is 18.1 Å². The number of rotatable bonds is 6. The zero-order chi connectivity index (χ0) is 19.2. The van der Waals surface area contributed by atoms with Gasteiger partial charge in [0.05, 0.1) is 13.2 Å². The van der Waals surface area contributed by atoms with Crippen molar-refractivity contribution in [1.82, 2.24) is 15.1 Å². The molecule has 3 heterocycles. The molecule has 1 amide bonds. The number of carbonyl (C=O) groups is 1. The summed E-state index contributed by atoms with van der Waals surface area (Å²) in [6.45, 7) is 3.27.